The average Bonchev–Trinajstić information content (AvgIpc) is 3.64. The number of nitrogens with zero attached hydrogens (tertiary/aromatic N) is 2. The number of pyridine rings is 2. The van der Waals surface area contributed by atoms with Crippen molar-refractivity contribution in [1.29, 1.82) is 0 Å². The molecule has 0 saturated carbocycles. The van der Waals surface area contributed by atoms with E-state index >= 15 is 0 Å². The lowest BCUT2D eigenvalue weighted by Crippen LogP contribution is -2.48. The van der Waals surface area contributed by atoms with Crippen LogP contribution >= 0.6 is 0 Å². The van der Waals surface area contributed by atoms with Gasteiger partial charge in [-0.05, 0) is 76.6 Å². The quantitative estimate of drug-likeness (QED) is 0.0752. The van der Waals surface area contributed by atoms with Gasteiger partial charge in [-0.25, -0.2) is 29.1 Å². The number of carbonyl (C=O) groups is 9. The number of nitrogens with one attached hydrogen (secondary N) is 2. The Hall–Kier alpha value is -8.83. The van der Waals surface area contributed by atoms with Crippen molar-refractivity contribution in [2.45, 2.75) is 131 Å². The fourth-order valence-electron chi connectivity index (χ4n) is 7.88. The molecule has 2 aliphatic rings. The number of benzene rings is 2. The van der Waals surface area contributed by atoms with E-state index in [4.69, 9.17) is 38.3 Å². The van der Waals surface area contributed by atoms with Crippen LogP contribution in [0.25, 0.3) is 0 Å². The molecule has 4 heterocycles. The molecule has 24 nitrogen and oxygen atoms in total. The second-order valence-corrected chi connectivity index (χ2v) is 20.5. The summed E-state index contributed by atoms with van der Waals surface area (Å²) in [6.45, 7) is 15.6. The molecule has 0 radical (unpaired) electrons. The number of carboxylic acids is 1. The summed E-state index contributed by atoms with van der Waals surface area (Å²) in [5.74, 6) is -9.74. The first-order valence-electron chi connectivity index (χ1n) is 26.3. The third kappa shape index (κ3) is 19.5. The highest BCUT2D eigenvalue weighted by Gasteiger charge is 2.44. The Morgan fingerprint density at radius 2 is 1.09 bits per heavy atom. The van der Waals surface area contributed by atoms with Gasteiger partial charge in [0.1, 0.15) is 48.6 Å². The molecule has 2 amide bonds. The number of rotatable bonds is 14. The maximum atomic E-state index is 13.2. The molecule has 0 spiro atoms. The smallest absolute Gasteiger partial charge is 0.408 e. The number of hydrogen-bond donors (Lipinski definition) is 5. The Bertz CT molecular complexity index is 2860. The highest BCUT2D eigenvalue weighted by molar-refractivity contribution is 5.98. The number of methoxy groups -OCH3 is 1. The van der Waals surface area contributed by atoms with Gasteiger partial charge in [0.15, 0.2) is 47.2 Å². The van der Waals surface area contributed by atoms with Crippen molar-refractivity contribution in [3.8, 4) is 17.2 Å². The van der Waals surface area contributed by atoms with Crippen molar-refractivity contribution in [3.05, 3.63) is 113 Å². The minimum absolute atomic E-state index is 0.0994. The fourth-order valence-corrected chi connectivity index (χ4v) is 7.88. The molecule has 2 aliphatic heterocycles. The zero-order valence-corrected chi connectivity index (χ0v) is 47.6. The molecule has 8 atom stereocenters. The molecule has 0 bridgehead atoms. The fraction of sp³-hybridized carbons (Fsp3) is 0.466. The number of aromatic nitrogens is 2. The first-order chi connectivity index (χ1) is 38.6. The van der Waals surface area contributed by atoms with Crippen LogP contribution < -0.4 is 15.4 Å². The standard InChI is InChI=1S/C27H32N2O8.C24H33NO8.C7H7NO4/c1-5-18-11-12-28-21(22(18)30)24(31)29-20-14-35-26(33)19(13-17-9-7-6-8-10-17)23(16(4)36-27(20)34)37-25(32)15(2)3;1-14(2)20(26)32-19-15(3)31-22(28)18(25-23(29)33-24(4,5)6)13-30-21(27)17(19)12-16-10-8-7-9-11-16;1-12-4-2-3-8-5(6(4)9)7(10)11/h6-12,15-16,19-20,23,30H,5,13-14H2,1-4H3,(H,29,31);7-11,14-15,17-19H,12-13H2,1-6H3,(H,25,29);2-3,9H,1H3,(H,10,11)/t16-,19+,20-,23-;15-,17+,18-,19-;/m00./s1. The van der Waals surface area contributed by atoms with Crippen molar-refractivity contribution in [2.75, 3.05) is 20.3 Å². The van der Waals surface area contributed by atoms with Crippen LogP contribution in [0.2, 0.25) is 0 Å². The van der Waals surface area contributed by atoms with E-state index in [1.165, 1.54) is 39.4 Å². The number of ether oxygens (including phenoxy) is 8. The maximum Gasteiger partial charge on any atom is 0.408 e. The number of cyclic esters (lactones) is 4. The lowest BCUT2D eigenvalue weighted by Gasteiger charge is -2.29. The predicted molar refractivity (Wildman–Crippen MR) is 289 cm³/mol. The van der Waals surface area contributed by atoms with Crippen molar-refractivity contribution in [3.63, 3.8) is 0 Å². The van der Waals surface area contributed by atoms with Gasteiger partial charge < -0.3 is 63.8 Å². The van der Waals surface area contributed by atoms with E-state index in [1.54, 1.807) is 54.5 Å². The maximum absolute atomic E-state index is 13.2. The number of hydrogen-bond acceptors (Lipinski definition) is 21. The summed E-state index contributed by atoms with van der Waals surface area (Å²) in [6, 6.07) is 18.6. The summed E-state index contributed by atoms with van der Waals surface area (Å²) in [4.78, 5) is 120. The second kappa shape index (κ2) is 30.7. The zero-order valence-electron chi connectivity index (χ0n) is 47.6. The molecule has 2 saturated heterocycles. The molecule has 0 unspecified atom stereocenters. The van der Waals surface area contributed by atoms with E-state index in [0.717, 1.165) is 11.1 Å². The number of aryl methyl sites for hydroxylation is 1. The molecular formula is C58H72N4O20. The highest BCUT2D eigenvalue weighted by atomic mass is 16.6. The lowest BCUT2D eigenvalue weighted by atomic mass is 9.91. The van der Waals surface area contributed by atoms with Gasteiger partial charge in [-0.3, -0.25) is 24.0 Å². The molecule has 2 aromatic carbocycles. The minimum atomic E-state index is -1.37. The summed E-state index contributed by atoms with van der Waals surface area (Å²) in [5.41, 5.74) is 0.677. The molecular weight excluding hydrogens is 1070 g/mol. The molecule has 4 aromatic rings. The first-order valence-corrected chi connectivity index (χ1v) is 26.3. The van der Waals surface area contributed by atoms with E-state index in [9.17, 15) is 53.4 Å². The summed E-state index contributed by atoms with van der Waals surface area (Å²) < 4.78 is 43.0. The highest BCUT2D eigenvalue weighted by Crippen LogP contribution is 2.29. The number of carbonyl (C=O) groups excluding carboxylic acids is 8. The van der Waals surface area contributed by atoms with Crippen LogP contribution in [0.5, 0.6) is 17.2 Å². The molecule has 6 rings (SSSR count). The summed E-state index contributed by atoms with van der Waals surface area (Å²) in [5, 5.41) is 32.9. The Balaban J connectivity index is 0.000000294. The molecule has 82 heavy (non-hydrogen) atoms. The van der Waals surface area contributed by atoms with Crippen LogP contribution in [0.15, 0.2) is 85.2 Å². The molecule has 5 N–H and O–H groups in total. The monoisotopic (exact) mass is 1140 g/mol. The van der Waals surface area contributed by atoms with E-state index in [0.29, 0.717) is 12.0 Å². The van der Waals surface area contributed by atoms with E-state index in [-0.39, 0.29) is 30.0 Å². The van der Waals surface area contributed by atoms with Gasteiger partial charge in [0.05, 0.1) is 18.9 Å². The number of carboxylic acid groups (broad SMARTS) is 1. The number of aromatic carboxylic acids is 1. The van der Waals surface area contributed by atoms with Crippen molar-refractivity contribution < 1.29 is 96.4 Å². The Labute approximate surface area is 474 Å². The normalized spacial score (nSPS) is 21.0. The Morgan fingerprint density at radius 3 is 1.50 bits per heavy atom. The Kier molecular flexibility index (Phi) is 24.6. The van der Waals surface area contributed by atoms with Crippen LogP contribution in [0.4, 0.5) is 4.79 Å². The third-order valence-corrected chi connectivity index (χ3v) is 12.2. The van der Waals surface area contributed by atoms with Gasteiger partial charge in [-0.2, -0.15) is 0 Å². The lowest BCUT2D eigenvalue weighted by molar-refractivity contribution is -0.176. The summed E-state index contributed by atoms with van der Waals surface area (Å²) in [6.07, 6.45) is -1.56. The van der Waals surface area contributed by atoms with Crippen LogP contribution in [0, 0.1) is 23.7 Å². The average molecular weight is 1150 g/mol. The minimum Gasteiger partial charge on any atom is -0.505 e. The van der Waals surface area contributed by atoms with Crippen molar-refractivity contribution in [1.82, 2.24) is 20.6 Å². The van der Waals surface area contributed by atoms with Crippen molar-refractivity contribution in [2.24, 2.45) is 23.7 Å². The second-order valence-electron chi connectivity index (χ2n) is 20.5. The molecule has 444 valence electrons. The number of alkyl carbamates (subject to hydrolysis) is 1. The number of esters is 6. The Morgan fingerprint density at radius 1 is 0.646 bits per heavy atom. The zero-order chi connectivity index (χ0) is 61.0. The topological polar surface area (TPSA) is 338 Å². The van der Waals surface area contributed by atoms with E-state index in [2.05, 4.69) is 25.3 Å². The summed E-state index contributed by atoms with van der Waals surface area (Å²) >= 11 is 0. The largest absolute Gasteiger partial charge is 0.505 e. The summed E-state index contributed by atoms with van der Waals surface area (Å²) in [7, 11) is 1.33. The number of aromatic hydroxyl groups is 2. The first kappa shape index (κ1) is 65.7. The van der Waals surface area contributed by atoms with Crippen LogP contribution in [-0.2, 0) is 81.2 Å². The number of amides is 2. The molecule has 2 aromatic heterocycles. The van der Waals surface area contributed by atoms with Crippen molar-refractivity contribution >= 4 is 53.8 Å². The van der Waals surface area contributed by atoms with E-state index < -0.39 is 144 Å². The van der Waals surface area contributed by atoms with Gasteiger partial charge in [-0.15, -0.1) is 0 Å². The molecule has 2 fully saturated rings. The molecule has 24 heteroatoms. The van der Waals surface area contributed by atoms with Crippen LogP contribution in [-0.4, -0.2) is 141 Å². The van der Waals surface area contributed by atoms with Gasteiger partial charge in [0.2, 0.25) is 0 Å². The van der Waals surface area contributed by atoms with Gasteiger partial charge in [0.25, 0.3) is 5.91 Å². The van der Waals surface area contributed by atoms with Gasteiger partial charge in [0, 0.05) is 18.5 Å². The SMILES string of the molecule is CC(C)C(=O)O[C@H]1[C@H](C)OC(=O)[C@@H](NC(=O)OC(C)(C)C)COC(=O)[C@@H]1Cc1ccccc1.CCc1ccnc(C(=O)N[C@H]2COC(=O)[C@H](Cc3ccccc3)[C@@H](OC(=O)C(C)C)[C@H](C)OC2=O)c1O.COc1ccnc(C(=O)O)c1O. The predicted octanol–water partition coefficient (Wildman–Crippen LogP) is 5.65. The van der Waals surface area contributed by atoms with E-state index in [1.807, 2.05) is 67.6 Å². The van der Waals surface area contributed by atoms with Gasteiger partial charge in [-0.1, -0.05) is 95.3 Å². The third-order valence-electron chi connectivity index (χ3n) is 12.2. The van der Waals surface area contributed by atoms with Gasteiger partial charge >= 0.3 is 47.9 Å². The molecule has 0 aliphatic carbocycles. The van der Waals surface area contributed by atoms with Crippen LogP contribution in [0.1, 0.15) is 107 Å². The van der Waals surface area contributed by atoms with Crippen LogP contribution in [0.3, 0.4) is 0 Å².